The summed E-state index contributed by atoms with van der Waals surface area (Å²) in [6.45, 7) is -0.111. The van der Waals surface area contributed by atoms with E-state index in [-0.39, 0.29) is 25.6 Å². The number of carbonyl (C=O) groups excluding carboxylic acids is 2. The summed E-state index contributed by atoms with van der Waals surface area (Å²) in [6.07, 6.45) is 3.21. The molecule has 3 rings (SSSR count). The number of aromatic amines is 1. The molecule has 0 fully saturated rings. The van der Waals surface area contributed by atoms with Crippen LogP contribution in [0.15, 0.2) is 48.8 Å². The lowest BCUT2D eigenvalue weighted by atomic mass is 10.0. The number of ether oxygens (including phenoxy) is 5. The fourth-order valence-corrected chi connectivity index (χ4v) is 2.96. The van der Waals surface area contributed by atoms with Gasteiger partial charge in [-0.1, -0.05) is 0 Å². The molecule has 1 heterocycles. The smallest absolute Gasteiger partial charge is 0.344 e. The van der Waals surface area contributed by atoms with Crippen LogP contribution < -0.4 is 31.6 Å². The topological polar surface area (TPSA) is 94.4 Å². The number of pyridine rings is 1. The lowest BCUT2D eigenvalue weighted by Crippen LogP contribution is -3.00. The van der Waals surface area contributed by atoms with Gasteiger partial charge in [0.15, 0.2) is 23.9 Å². The molecule has 0 spiro atoms. The monoisotopic (exact) mass is 447 g/mol. The van der Waals surface area contributed by atoms with Gasteiger partial charge < -0.3 is 36.1 Å². The molecule has 1 aromatic heterocycles. The Morgan fingerprint density at radius 1 is 0.839 bits per heavy atom. The SMILES string of the molecule is COc1cc2cc(C(=O)OCCOC(=O)c3ccc[nH+]c3)ccc2c(OC)c1OC.[Cl-]. The van der Waals surface area contributed by atoms with Crippen molar-refractivity contribution in [1.82, 2.24) is 0 Å². The molecule has 0 radical (unpaired) electrons. The van der Waals surface area contributed by atoms with Crippen LogP contribution in [0.25, 0.3) is 10.8 Å². The van der Waals surface area contributed by atoms with Gasteiger partial charge in [0.2, 0.25) is 5.75 Å². The van der Waals surface area contributed by atoms with Gasteiger partial charge in [-0.25, -0.2) is 14.6 Å². The van der Waals surface area contributed by atoms with Gasteiger partial charge in [0.25, 0.3) is 0 Å². The van der Waals surface area contributed by atoms with Gasteiger partial charge in [0, 0.05) is 11.5 Å². The third kappa shape index (κ3) is 5.35. The van der Waals surface area contributed by atoms with Crippen LogP contribution >= 0.6 is 0 Å². The van der Waals surface area contributed by atoms with Gasteiger partial charge in [0.1, 0.15) is 18.8 Å². The van der Waals surface area contributed by atoms with Crippen molar-refractivity contribution in [1.29, 1.82) is 0 Å². The highest BCUT2D eigenvalue weighted by Crippen LogP contribution is 2.43. The maximum absolute atomic E-state index is 12.4. The molecule has 0 bridgehead atoms. The Bertz CT molecular complexity index is 1060. The molecular weight excluding hydrogens is 426 g/mol. The van der Waals surface area contributed by atoms with Crippen molar-refractivity contribution in [3.63, 3.8) is 0 Å². The molecule has 0 saturated carbocycles. The van der Waals surface area contributed by atoms with Crippen LogP contribution in [0, 0.1) is 0 Å². The summed E-state index contributed by atoms with van der Waals surface area (Å²) >= 11 is 0. The summed E-state index contributed by atoms with van der Waals surface area (Å²) in [5.74, 6) is 0.436. The van der Waals surface area contributed by atoms with Crippen molar-refractivity contribution in [3.05, 3.63) is 59.9 Å². The van der Waals surface area contributed by atoms with Gasteiger partial charge in [-0.05, 0) is 35.7 Å². The van der Waals surface area contributed by atoms with Gasteiger partial charge >= 0.3 is 11.9 Å². The molecule has 9 heteroatoms. The van der Waals surface area contributed by atoms with E-state index in [0.29, 0.717) is 28.4 Å². The predicted octanol–water partition coefficient (Wildman–Crippen LogP) is -0.302. The number of hydrogen-bond donors (Lipinski definition) is 0. The maximum Gasteiger partial charge on any atom is 0.344 e. The Hall–Kier alpha value is -3.52. The second kappa shape index (κ2) is 11.0. The molecule has 1 N–H and O–H groups in total. The predicted molar refractivity (Wildman–Crippen MR) is 107 cm³/mol. The van der Waals surface area contributed by atoms with E-state index >= 15 is 0 Å². The number of nitrogens with one attached hydrogen (secondary N) is 1. The number of fused-ring (bicyclic) bond motifs is 1. The number of aromatic nitrogens is 1. The Morgan fingerprint density at radius 3 is 2.10 bits per heavy atom. The van der Waals surface area contributed by atoms with Crippen molar-refractivity contribution in [3.8, 4) is 17.2 Å². The van der Waals surface area contributed by atoms with Crippen molar-refractivity contribution < 1.29 is 50.7 Å². The molecular formula is C22H22ClNO7. The Labute approximate surface area is 185 Å². The second-order valence-corrected chi connectivity index (χ2v) is 6.15. The van der Waals surface area contributed by atoms with Crippen LogP contribution in [0.1, 0.15) is 20.7 Å². The lowest BCUT2D eigenvalue weighted by molar-refractivity contribution is -0.378. The van der Waals surface area contributed by atoms with Crippen molar-refractivity contribution in [2.75, 3.05) is 34.5 Å². The van der Waals surface area contributed by atoms with Crippen LogP contribution in [0.3, 0.4) is 0 Å². The molecule has 0 aliphatic heterocycles. The van der Waals surface area contributed by atoms with Crippen molar-refractivity contribution in [2.24, 2.45) is 0 Å². The lowest BCUT2D eigenvalue weighted by Gasteiger charge is -2.15. The fraction of sp³-hybridized carbons (Fsp3) is 0.227. The highest BCUT2D eigenvalue weighted by molar-refractivity contribution is 5.99. The molecule has 0 aliphatic carbocycles. The summed E-state index contributed by atoms with van der Waals surface area (Å²) in [6, 6.07) is 10.1. The van der Waals surface area contributed by atoms with Gasteiger partial charge in [-0.3, -0.25) is 0 Å². The fourth-order valence-electron chi connectivity index (χ4n) is 2.96. The molecule has 0 atom stereocenters. The first-order valence-electron chi connectivity index (χ1n) is 9.12. The number of hydrogen-bond acceptors (Lipinski definition) is 7. The molecule has 8 nitrogen and oxygen atoms in total. The van der Waals surface area contributed by atoms with E-state index in [9.17, 15) is 9.59 Å². The largest absolute Gasteiger partial charge is 1.00 e. The van der Waals surface area contributed by atoms with E-state index in [2.05, 4.69) is 4.98 Å². The number of rotatable bonds is 8. The summed E-state index contributed by atoms with van der Waals surface area (Å²) in [7, 11) is 4.59. The number of methoxy groups -OCH3 is 3. The first-order chi connectivity index (χ1) is 14.6. The van der Waals surface area contributed by atoms with E-state index < -0.39 is 11.9 Å². The number of halogens is 1. The zero-order valence-corrected chi connectivity index (χ0v) is 18.0. The standard InChI is InChI=1S/C22H21NO7.ClH/c1-26-18-12-16-11-14(6-7-17(16)19(27-2)20(18)28-3)21(24)29-9-10-30-22(25)15-5-4-8-23-13-15;/h4-8,11-13H,9-10H2,1-3H3;1H. The van der Waals surface area contributed by atoms with E-state index in [1.165, 1.54) is 27.5 Å². The summed E-state index contributed by atoms with van der Waals surface area (Å²) in [4.78, 5) is 27.0. The van der Waals surface area contributed by atoms with Gasteiger partial charge in [0.05, 0.1) is 26.9 Å². The van der Waals surface area contributed by atoms with E-state index in [1.54, 1.807) is 42.6 Å². The summed E-state index contributed by atoms with van der Waals surface area (Å²) in [5.41, 5.74) is 0.734. The molecule has 0 amide bonds. The second-order valence-electron chi connectivity index (χ2n) is 6.15. The Kier molecular flexibility index (Phi) is 8.45. The first kappa shape index (κ1) is 23.8. The Balaban J connectivity index is 0.00000341. The molecule has 0 saturated heterocycles. The zero-order chi connectivity index (χ0) is 21.5. The molecule has 2 aromatic carbocycles. The molecule has 3 aromatic rings. The van der Waals surface area contributed by atoms with E-state index in [4.69, 9.17) is 23.7 Å². The number of carbonyl (C=O) groups is 2. The molecule has 0 aliphatic rings. The minimum Gasteiger partial charge on any atom is -1.00 e. The van der Waals surface area contributed by atoms with Crippen LogP contribution in [-0.4, -0.2) is 46.5 Å². The highest BCUT2D eigenvalue weighted by Gasteiger charge is 2.18. The third-order valence-electron chi connectivity index (χ3n) is 4.37. The molecule has 0 unspecified atom stereocenters. The average molecular weight is 448 g/mol. The van der Waals surface area contributed by atoms with Crippen LogP contribution in [0.5, 0.6) is 17.2 Å². The van der Waals surface area contributed by atoms with E-state index in [0.717, 1.165) is 10.8 Å². The quantitative estimate of drug-likeness (QED) is 0.345. The average Bonchev–Trinajstić information content (AvgIpc) is 2.80. The normalized spacial score (nSPS) is 10.0. The van der Waals surface area contributed by atoms with Crippen LogP contribution in [0.2, 0.25) is 0 Å². The van der Waals surface area contributed by atoms with E-state index in [1.807, 2.05) is 0 Å². The van der Waals surface area contributed by atoms with Gasteiger partial charge in [-0.2, -0.15) is 0 Å². The third-order valence-corrected chi connectivity index (χ3v) is 4.37. The molecule has 31 heavy (non-hydrogen) atoms. The number of benzene rings is 2. The number of H-pyrrole nitrogens is 1. The van der Waals surface area contributed by atoms with Gasteiger partial charge in [-0.15, -0.1) is 0 Å². The summed E-state index contributed by atoms with van der Waals surface area (Å²) < 4.78 is 26.5. The minimum atomic E-state index is -0.533. The highest BCUT2D eigenvalue weighted by atomic mass is 35.5. The maximum atomic E-state index is 12.4. The zero-order valence-electron chi connectivity index (χ0n) is 17.3. The first-order valence-corrected chi connectivity index (χ1v) is 9.12. The molecule has 164 valence electrons. The summed E-state index contributed by atoms with van der Waals surface area (Å²) in [5, 5.41) is 1.49. The number of esters is 2. The van der Waals surface area contributed by atoms with Crippen molar-refractivity contribution in [2.45, 2.75) is 0 Å². The van der Waals surface area contributed by atoms with Crippen LogP contribution in [-0.2, 0) is 9.47 Å². The minimum absolute atomic E-state index is 0. The Morgan fingerprint density at radius 2 is 1.52 bits per heavy atom. The van der Waals surface area contributed by atoms with Crippen LogP contribution in [0.4, 0.5) is 0 Å². The van der Waals surface area contributed by atoms with Crippen molar-refractivity contribution >= 4 is 22.7 Å².